The summed E-state index contributed by atoms with van der Waals surface area (Å²) in [5.74, 6) is 17.6. The lowest BCUT2D eigenvalue weighted by atomic mass is 10.0. The molecule has 0 aliphatic carbocycles. The van der Waals surface area contributed by atoms with E-state index in [-0.39, 0.29) is 0 Å². The zero-order valence-corrected chi connectivity index (χ0v) is 31.9. The molecule has 0 rings (SSSR count). The first-order valence-electron chi connectivity index (χ1n) is 20.2. The van der Waals surface area contributed by atoms with E-state index < -0.39 is 18.2 Å². The maximum absolute atomic E-state index is 10.3. The third-order valence-corrected chi connectivity index (χ3v) is 8.51. The quantitative estimate of drug-likeness (QED) is 0.0383. The van der Waals surface area contributed by atoms with Gasteiger partial charge in [-0.15, -0.1) is 6.42 Å². The van der Waals surface area contributed by atoms with Crippen LogP contribution in [0.1, 0.15) is 180 Å². The number of carbonyl (C=O) groups is 1. The summed E-state index contributed by atoms with van der Waals surface area (Å²) in [6, 6.07) is 0. The minimum absolute atomic E-state index is 0.709. The predicted octanol–water partition coefficient (Wildman–Crippen LogP) is 11.6. The first-order valence-corrected chi connectivity index (χ1v) is 20.2. The molecule has 0 fully saturated rings. The summed E-state index contributed by atoms with van der Waals surface area (Å²) in [6.07, 6.45) is 53.3. The lowest BCUT2D eigenvalue weighted by Gasteiger charge is -2.03. The topological polar surface area (TPSA) is 77.8 Å². The summed E-state index contributed by atoms with van der Waals surface area (Å²) >= 11 is 0. The Morgan fingerprint density at radius 3 is 1.43 bits per heavy atom. The van der Waals surface area contributed by atoms with E-state index in [2.05, 4.69) is 65.7 Å². The van der Waals surface area contributed by atoms with Gasteiger partial charge in [0.1, 0.15) is 6.10 Å². The number of aliphatic hydroxyl groups excluding tert-OH is 2. The molecule has 0 aromatic carbocycles. The summed E-state index contributed by atoms with van der Waals surface area (Å²) in [7, 11) is 0. The molecule has 0 spiro atoms. The molecule has 0 aromatic heterocycles. The van der Waals surface area contributed by atoms with Crippen LogP contribution >= 0.6 is 0 Å². The Labute approximate surface area is 313 Å². The number of aliphatic hydroxyl groups is 2. The highest BCUT2D eigenvalue weighted by Gasteiger charge is 1.95. The summed E-state index contributed by atoms with van der Waals surface area (Å²) in [6.45, 7) is 0. The largest absolute Gasteiger partial charge is 0.472 e. The zero-order valence-electron chi connectivity index (χ0n) is 31.9. The van der Waals surface area contributed by atoms with Crippen LogP contribution in [0.15, 0.2) is 48.6 Å². The third-order valence-electron chi connectivity index (χ3n) is 8.51. The second-order valence-electron chi connectivity index (χ2n) is 13.3. The van der Waals surface area contributed by atoms with Crippen LogP contribution in [-0.2, 0) is 4.79 Å². The van der Waals surface area contributed by atoms with Crippen molar-refractivity contribution in [2.45, 2.75) is 192 Å². The van der Waals surface area contributed by atoms with Gasteiger partial charge in [-0.1, -0.05) is 162 Å². The maximum atomic E-state index is 10.3. The van der Waals surface area contributed by atoms with Crippen molar-refractivity contribution in [1.29, 1.82) is 0 Å². The molecule has 0 unspecified atom stereocenters. The fourth-order valence-electron chi connectivity index (χ4n) is 5.51. The molecule has 0 aromatic rings. The molecule has 0 aliphatic heterocycles. The Kier molecular flexibility index (Phi) is 38.3. The molecule has 282 valence electrons. The monoisotopic (exact) mass is 699 g/mol. The van der Waals surface area contributed by atoms with Gasteiger partial charge in [-0.05, 0) is 89.2 Å². The Hall–Kier alpha value is -3.41. The van der Waals surface area contributed by atoms with E-state index in [0.29, 0.717) is 6.42 Å². The number of unbranched alkanes of at least 4 members (excludes halogenated alkanes) is 24. The number of terminal acetylenes is 1. The summed E-state index contributed by atoms with van der Waals surface area (Å²) in [5.41, 5.74) is 0. The Balaban J connectivity index is 3.45. The van der Waals surface area contributed by atoms with E-state index in [1.165, 1.54) is 109 Å². The Morgan fingerprint density at radius 1 is 0.510 bits per heavy atom. The van der Waals surface area contributed by atoms with E-state index in [9.17, 15) is 15.0 Å². The van der Waals surface area contributed by atoms with Crippen molar-refractivity contribution in [2.24, 2.45) is 0 Å². The first kappa shape index (κ1) is 47.6. The molecule has 0 amide bonds. The number of hydrogen-bond donors (Lipinski definition) is 3. The average Bonchev–Trinajstić information content (AvgIpc) is 3.12. The molecule has 0 saturated carbocycles. The number of rotatable bonds is 31. The highest BCUT2D eigenvalue weighted by molar-refractivity contribution is 5.86. The van der Waals surface area contributed by atoms with Gasteiger partial charge in [-0.25, -0.2) is 4.79 Å². The molecule has 0 radical (unpaired) electrons. The maximum Gasteiger partial charge on any atom is 0.381 e. The molecular formula is C47H70O4. The molecule has 2 atom stereocenters. The van der Waals surface area contributed by atoms with Crippen molar-refractivity contribution in [3.8, 4) is 47.9 Å². The van der Waals surface area contributed by atoms with Crippen molar-refractivity contribution in [3.63, 3.8) is 0 Å². The molecule has 0 saturated heterocycles. The van der Waals surface area contributed by atoms with Crippen LogP contribution in [0.5, 0.6) is 0 Å². The Morgan fingerprint density at radius 2 is 0.922 bits per heavy atom. The van der Waals surface area contributed by atoms with Crippen molar-refractivity contribution in [3.05, 3.63) is 48.6 Å². The van der Waals surface area contributed by atoms with Crippen molar-refractivity contribution in [1.82, 2.24) is 0 Å². The lowest BCUT2D eigenvalue weighted by Crippen LogP contribution is -1.97. The fraction of sp³-hybridized carbons (Fsp3) is 0.638. The molecule has 51 heavy (non-hydrogen) atoms. The van der Waals surface area contributed by atoms with Gasteiger partial charge in [-0.2, -0.15) is 0 Å². The molecule has 0 aliphatic rings. The van der Waals surface area contributed by atoms with E-state index >= 15 is 0 Å². The smallest absolute Gasteiger partial charge is 0.381 e. The SMILES string of the molecule is C#C[C@@H](O)/C=C/CCCCCCC#C[C@H](O)C#C/C=C/CCC=CCCCCC=CCCCCCCCCCCCCCCCCC#CC(=O)O. The van der Waals surface area contributed by atoms with Gasteiger partial charge < -0.3 is 15.3 Å². The molecular weight excluding hydrogens is 629 g/mol. The van der Waals surface area contributed by atoms with Crippen LogP contribution in [0.3, 0.4) is 0 Å². The van der Waals surface area contributed by atoms with Crippen molar-refractivity contribution in [2.75, 3.05) is 0 Å². The number of carboxylic acid groups (broad SMARTS) is 1. The molecule has 4 heteroatoms. The van der Waals surface area contributed by atoms with E-state index in [4.69, 9.17) is 11.5 Å². The number of carboxylic acids is 1. The van der Waals surface area contributed by atoms with E-state index in [1.807, 2.05) is 18.2 Å². The van der Waals surface area contributed by atoms with Crippen LogP contribution in [0.25, 0.3) is 0 Å². The second-order valence-corrected chi connectivity index (χ2v) is 13.3. The highest BCUT2D eigenvalue weighted by atomic mass is 16.4. The molecule has 0 heterocycles. The highest BCUT2D eigenvalue weighted by Crippen LogP contribution is 2.14. The molecule has 3 N–H and O–H groups in total. The van der Waals surface area contributed by atoms with Crippen LogP contribution in [-0.4, -0.2) is 33.5 Å². The average molecular weight is 699 g/mol. The van der Waals surface area contributed by atoms with Crippen LogP contribution in [0.4, 0.5) is 0 Å². The van der Waals surface area contributed by atoms with Gasteiger partial charge in [-0.3, -0.25) is 0 Å². The first-order chi connectivity index (χ1) is 25.1. The third kappa shape index (κ3) is 42.7. The number of aliphatic carboxylic acids is 1. The minimum Gasteiger partial charge on any atom is -0.472 e. The van der Waals surface area contributed by atoms with Gasteiger partial charge in [0, 0.05) is 18.8 Å². The second kappa shape index (κ2) is 41.0. The summed E-state index contributed by atoms with van der Waals surface area (Å²) in [4.78, 5) is 10.3. The van der Waals surface area contributed by atoms with Crippen LogP contribution < -0.4 is 0 Å². The van der Waals surface area contributed by atoms with E-state index in [0.717, 1.165) is 64.2 Å². The van der Waals surface area contributed by atoms with Crippen LogP contribution in [0, 0.1) is 47.9 Å². The lowest BCUT2D eigenvalue weighted by molar-refractivity contribution is -0.130. The normalized spacial score (nSPS) is 12.3. The fourth-order valence-corrected chi connectivity index (χ4v) is 5.51. The van der Waals surface area contributed by atoms with Crippen LogP contribution in [0.2, 0.25) is 0 Å². The summed E-state index contributed by atoms with van der Waals surface area (Å²) in [5, 5.41) is 27.6. The van der Waals surface area contributed by atoms with Gasteiger partial charge in [0.05, 0.1) is 0 Å². The van der Waals surface area contributed by atoms with Gasteiger partial charge in [0.15, 0.2) is 6.10 Å². The van der Waals surface area contributed by atoms with Crippen molar-refractivity contribution < 1.29 is 20.1 Å². The van der Waals surface area contributed by atoms with E-state index in [1.54, 1.807) is 6.08 Å². The minimum atomic E-state index is -1.02. The Bertz CT molecular complexity index is 1160. The number of allylic oxidation sites excluding steroid dienone is 7. The molecule has 0 bridgehead atoms. The predicted molar refractivity (Wildman–Crippen MR) is 218 cm³/mol. The molecule has 4 nitrogen and oxygen atoms in total. The summed E-state index contributed by atoms with van der Waals surface area (Å²) < 4.78 is 0. The van der Waals surface area contributed by atoms with Gasteiger partial charge in [0.2, 0.25) is 0 Å². The zero-order chi connectivity index (χ0) is 37.1. The van der Waals surface area contributed by atoms with Gasteiger partial charge in [0.25, 0.3) is 0 Å². The van der Waals surface area contributed by atoms with Crippen molar-refractivity contribution >= 4 is 5.97 Å². The number of hydrogen-bond acceptors (Lipinski definition) is 3. The van der Waals surface area contributed by atoms with Gasteiger partial charge >= 0.3 is 5.97 Å². The standard InChI is InChI=1S/C47H70O4/c1-2-45(48)41-37-33-29-27-28-31-35-39-43-46(49)42-38-34-30-25-23-21-19-17-15-13-11-9-7-5-3-4-6-8-10-12-14-16-18-20-22-24-26-32-36-40-44-47(50)51/h1,7,9,19,21,30,34,37,41,45-46,48-49H,3-6,8,10-18,20,22-29,31-33,35-36H2,(H,50,51)/b9-7?,21-19?,34-30+,41-37+/t45-,46-/m1/s1.